The van der Waals surface area contributed by atoms with Crippen LogP contribution in [0.5, 0.6) is 5.75 Å². The van der Waals surface area contributed by atoms with Crippen molar-refractivity contribution in [3.05, 3.63) is 78.4 Å². The molecule has 2 N–H and O–H groups in total. The van der Waals surface area contributed by atoms with Crippen LogP contribution >= 0.6 is 0 Å². The van der Waals surface area contributed by atoms with E-state index in [1.807, 2.05) is 35.0 Å². The topological polar surface area (TPSA) is 63.0 Å². The predicted molar refractivity (Wildman–Crippen MR) is 84.2 cm³/mol. The molecule has 1 atom stereocenters. The highest BCUT2D eigenvalue weighted by atomic mass is 16.3. The molecule has 3 rings (SSSR count). The molecule has 0 saturated carbocycles. The number of nitrogens with one attached hydrogen (secondary N) is 1. The minimum atomic E-state index is 0.116. The summed E-state index contributed by atoms with van der Waals surface area (Å²) in [7, 11) is 0. The second-order valence-corrected chi connectivity index (χ2v) is 5.13. The number of phenols is 1. The Balaban J connectivity index is 1.73. The fourth-order valence-corrected chi connectivity index (χ4v) is 2.39. The first-order chi connectivity index (χ1) is 10.8. The predicted octanol–water partition coefficient (Wildman–Crippen LogP) is 2.51. The zero-order valence-electron chi connectivity index (χ0n) is 12.1. The first kappa shape index (κ1) is 14.3. The summed E-state index contributed by atoms with van der Waals surface area (Å²) in [5.74, 6) is 0.284. The van der Waals surface area contributed by atoms with Crippen LogP contribution in [0.1, 0.15) is 17.2 Å². The standard InChI is InChI=1S/C17H18N4O/c22-16-8-4-5-14(9-16)10-19-17(11-21-13-18-12-20-21)15-6-2-1-3-7-15/h1-9,12-13,17,19,22H,10-11H2/t17-/m1/s1. The molecule has 2 aromatic carbocycles. The Kier molecular flexibility index (Phi) is 4.46. The Morgan fingerprint density at radius 1 is 1.09 bits per heavy atom. The molecule has 0 spiro atoms. The molecule has 0 unspecified atom stereocenters. The molecule has 1 heterocycles. The summed E-state index contributed by atoms with van der Waals surface area (Å²) in [6, 6.07) is 17.6. The molecule has 0 aliphatic heterocycles. The van der Waals surface area contributed by atoms with Crippen molar-refractivity contribution < 1.29 is 5.11 Å². The lowest BCUT2D eigenvalue weighted by atomic mass is 10.1. The van der Waals surface area contributed by atoms with Gasteiger partial charge in [0.25, 0.3) is 0 Å². The van der Waals surface area contributed by atoms with E-state index in [0.29, 0.717) is 13.1 Å². The van der Waals surface area contributed by atoms with Crippen LogP contribution in [0, 0.1) is 0 Å². The largest absolute Gasteiger partial charge is 0.508 e. The van der Waals surface area contributed by atoms with Crippen LogP contribution in [0.4, 0.5) is 0 Å². The maximum Gasteiger partial charge on any atom is 0.137 e. The highest BCUT2D eigenvalue weighted by Crippen LogP contribution is 2.17. The smallest absolute Gasteiger partial charge is 0.137 e. The average molecular weight is 294 g/mol. The van der Waals surface area contributed by atoms with E-state index in [4.69, 9.17) is 0 Å². The number of hydrogen-bond acceptors (Lipinski definition) is 4. The van der Waals surface area contributed by atoms with Gasteiger partial charge in [-0.25, -0.2) is 4.98 Å². The highest BCUT2D eigenvalue weighted by Gasteiger charge is 2.12. The minimum absolute atomic E-state index is 0.116. The van der Waals surface area contributed by atoms with E-state index in [9.17, 15) is 5.11 Å². The molecule has 0 saturated heterocycles. The van der Waals surface area contributed by atoms with E-state index in [-0.39, 0.29) is 11.8 Å². The molecule has 0 aliphatic carbocycles. The molecule has 0 amide bonds. The lowest BCUT2D eigenvalue weighted by molar-refractivity contribution is 0.435. The van der Waals surface area contributed by atoms with Gasteiger partial charge in [-0.2, -0.15) is 5.10 Å². The summed E-state index contributed by atoms with van der Waals surface area (Å²) >= 11 is 0. The number of hydrogen-bond donors (Lipinski definition) is 2. The van der Waals surface area contributed by atoms with Gasteiger partial charge in [0.2, 0.25) is 0 Å². The second kappa shape index (κ2) is 6.87. The molecule has 5 heteroatoms. The fraction of sp³-hybridized carbons (Fsp3) is 0.176. The van der Waals surface area contributed by atoms with Gasteiger partial charge in [0, 0.05) is 6.54 Å². The molecular weight excluding hydrogens is 276 g/mol. The Morgan fingerprint density at radius 2 is 1.95 bits per heavy atom. The monoisotopic (exact) mass is 294 g/mol. The van der Waals surface area contributed by atoms with Crippen LogP contribution in [0.15, 0.2) is 67.3 Å². The number of benzene rings is 2. The van der Waals surface area contributed by atoms with Gasteiger partial charge in [-0.05, 0) is 23.3 Å². The van der Waals surface area contributed by atoms with Crippen LogP contribution in [0.3, 0.4) is 0 Å². The normalized spacial score (nSPS) is 12.2. The van der Waals surface area contributed by atoms with Gasteiger partial charge >= 0.3 is 0 Å². The lowest BCUT2D eigenvalue weighted by Crippen LogP contribution is -2.25. The van der Waals surface area contributed by atoms with Crippen molar-refractivity contribution in [3.8, 4) is 5.75 Å². The van der Waals surface area contributed by atoms with Gasteiger partial charge in [-0.15, -0.1) is 0 Å². The molecule has 22 heavy (non-hydrogen) atoms. The zero-order chi connectivity index (χ0) is 15.2. The number of nitrogens with zero attached hydrogens (tertiary/aromatic N) is 3. The van der Waals surface area contributed by atoms with Gasteiger partial charge in [-0.3, -0.25) is 4.68 Å². The van der Waals surface area contributed by atoms with Crippen molar-refractivity contribution in [1.82, 2.24) is 20.1 Å². The molecule has 112 valence electrons. The Labute approximate surface area is 129 Å². The first-order valence-electron chi connectivity index (χ1n) is 7.20. The highest BCUT2D eigenvalue weighted by molar-refractivity contribution is 5.27. The summed E-state index contributed by atoms with van der Waals surface area (Å²) in [6.07, 6.45) is 3.25. The number of aromatic hydroxyl groups is 1. The van der Waals surface area contributed by atoms with E-state index >= 15 is 0 Å². The fourth-order valence-electron chi connectivity index (χ4n) is 2.39. The number of aromatic nitrogens is 3. The molecule has 0 aliphatic rings. The van der Waals surface area contributed by atoms with Crippen molar-refractivity contribution >= 4 is 0 Å². The van der Waals surface area contributed by atoms with Crippen molar-refractivity contribution in [2.45, 2.75) is 19.1 Å². The third kappa shape index (κ3) is 3.71. The summed E-state index contributed by atoms with van der Waals surface area (Å²) in [4.78, 5) is 3.99. The molecule has 5 nitrogen and oxygen atoms in total. The van der Waals surface area contributed by atoms with Crippen molar-refractivity contribution in [2.24, 2.45) is 0 Å². The third-order valence-electron chi connectivity index (χ3n) is 3.50. The summed E-state index contributed by atoms with van der Waals surface area (Å²) < 4.78 is 1.81. The molecule has 0 fully saturated rings. The van der Waals surface area contributed by atoms with E-state index in [1.165, 1.54) is 11.9 Å². The van der Waals surface area contributed by atoms with Crippen LogP contribution in [0.25, 0.3) is 0 Å². The van der Waals surface area contributed by atoms with Crippen LogP contribution in [-0.4, -0.2) is 19.9 Å². The molecular formula is C17H18N4O. The van der Waals surface area contributed by atoms with E-state index in [0.717, 1.165) is 5.56 Å². The summed E-state index contributed by atoms with van der Waals surface area (Å²) in [6.45, 7) is 1.37. The van der Waals surface area contributed by atoms with E-state index in [1.54, 1.807) is 18.5 Å². The van der Waals surface area contributed by atoms with Crippen molar-refractivity contribution in [3.63, 3.8) is 0 Å². The summed E-state index contributed by atoms with van der Waals surface area (Å²) in [5.41, 5.74) is 2.23. The van der Waals surface area contributed by atoms with Gasteiger partial charge in [0.05, 0.1) is 12.6 Å². The SMILES string of the molecule is Oc1cccc(CN[C@H](Cn2cncn2)c2ccccc2)c1. The number of rotatable bonds is 6. The Bertz CT molecular complexity index is 698. The zero-order valence-corrected chi connectivity index (χ0v) is 12.1. The molecule has 0 bridgehead atoms. The maximum absolute atomic E-state index is 9.55. The average Bonchev–Trinajstić information content (AvgIpc) is 3.05. The Hall–Kier alpha value is -2.66. The Morgan fingerprint density at radius 3 is 2.68 bits per heavy atom. The molecule has 1 aromatic heterocycles. The van der Waals surface area contributed by atoms with Crippen molar-refractivity contribution in [1.29, 1.82) is 0 Å². The quantitative estimate of drug-likeness (QED) is 0.733. The van der Waals surface area contributed by atoms with Crippen LogP contribution in [-0.2, 0) is 13.1 Å². The van der Waals surface area contributed by atoms with Crippen LogP contribution < -0.4 is 5.32 Å². The molecule has 0 radical (unpaired) electrons. The molecule has 3 aromatic rings. The van der Waals surface area contributed by atoms with Gasteiger partial charge in [0.1, 0.15) is 18.4 Å². The van der Waals surface area contributed by atoms with Gasteiger partial charge in [0.15, 0.2) is 0 Å². The van der Waals surface area contributed by atoms with Crippen molar-refractivity contribution in [2.75, 3.05) is 0 Å². The van der Waals surface area contributed by atoms with E-state index in [2.05, 4.69) is 27.5 Å². The second-order valence-electron chi connectivity index (χ2n) is 5.13. The first-order valence-corrected chi connectivity index (χ1v) is 7.20. The minimum Gasteiger partial charge on any atom is -0.508 e. The summed E-state index contributed by atoms with van der Waals surface area (Å²) in [5, 5.41) is 17.2. The maximum atomic E-state index is 9.55. The van der Waals surface area contributed by atoms with Gasteiger partial charge < -0.3 is 10.4 Å². The lowest BCUT2D eigenvalue weighted by Gasteiger charge is -2.19. The van der Waals surface area contributed by atoms with Gasteiger partial charge in [-0.1, -0.05) is 42.5 Å². The number of phenolic OH excluding ortho intramolecular Hbond substituents is 1. The van der Waals surface area contributed by atoms with E-state index < -0.39 is 0 Å². The van der Waals surface area contributed by atoms with Crippen LogP contribution in [0.2, 0.25) is 0 Å². The third-order valence-corrected chi connectivity index (χ3v) is 3.50.